The van der Waals surface area contributed by atoms with E-state index < -0.39 is 0 Å². The third-order valence-corrected chi connectivity index (χ3v) is 4.55. The Morgan fingerprint density at radius 3 is 2.39 bits per heavy atom. The van der Waals surface area contributed by atoms with Gasteiger partial charge in [0.1, 0.15) is 0 Å². The maximum absolute atomic E-state index is 3.68. The van der Waals surface area contributed by atoms with Crippen LogP contribution in [0.4, 0.5) is 0 Å². The summed E-state index contributed by atoms with van der Waals surface area (Å²) in [7, 11) is 0. The average molecular weight is 253 g/mol. The van der Waals surface area contributed by atoms with Gasteiger partial charge in [0.25, 0.3) is 0 Å². The molecule has 1 unspecified atom stereocenters. The van der Waals surface area contributed by atoms with E-state index in [1.165, 1.54) is 64.8 Å². The lowest BCUT2D eigenvalue weighted by atomic mass is 9.83. The number of hydrogen-bond donors (Lipinski definition) is 2. The molecule has 1 aliphatic heterocycles. The molecule has 2 aliphatic rings. The van der Waals surface area contributed by atoms with Crippen LogP contribution < -0.4 is 10.6 Å². The predicted molar refractivity (Wildman–Crippen MR) is 77.9 cm³/mol. The van der Waals surface area contributed by atoms with Crippen molar-refractivity contribution in [3.8, 4) is 0 Å². The summed E-state index contributed by atoms with van der Waals surface area (Å²) < 4.78 is 0. The summed E-state index contributed by atoms with van der Waals surface area (Å²) in [5.74, 6) is 0.933. The minimum Gasteiger partial charge on any atom is -0.314 e. The first-order valence-corrected chi connectivity index (χ1v) is 7.95. The van der Waals surface area contributed by atoms with Gasteiger partial charge < -0.3 is 10.6 Å². The van der Waals surface area contributed by atoms with E-state index in [0.29, 0.717) is 6.04 Å². The molecule has 0 amide bonds. The Hall–Kier alpha value is -0.120. The van der Waals surface area contributed by atoms with Gasteiger partial charge in [-0.05, 0) is 18.8 Å². The van der Waals surface area contributed by atoms with Gasteiger partial charge in [-0.2, -0.15) is 0 Å². The molecule has 0 radical (unpaired) electrons. The molecule has 3 heteroatoms. The van der Waals surface area contributed by atoms with Crippen LogP contribution in [0.3, 0.4) is 0 Å². The smallest absolute Gasteiger partial charge is 0.0250 e. The fourth-order valence-corrected chi connectivity index (χ4v) is 3.48. The van der Waals surface area contributed by atoms with Crippen LogP contribution in [0.25, 0.3) is 0 Å². The van der Waals surface area contributed by atoms with Crippen molar-refractivity contribution >= 4 is 0 Å². The van der Waals surface area contributed by atoms with E-state index in [1.54, 1.807) is 0 Å². The summed E-state index contributed by atoms with van der Waals surface area (Å²) in [4.78, 5) is 2.74. The average Bonchev–Trinajstić information content (AvgIpc) is 2.41. The van der Waals surface area contributed by atoms with Gasteiger partial charge in [0, 0.05) is 44.8 Å². The molecule has 0 spiro atoms. The van der Waals surface area contributed by atoms with Crippen molar-refractivity contribution < 1.29 is 0 Å². The molecule has 2 rings (SSSR count). The third kappa shape index (κ3) is 4.22. The first-order chi connectivity index (χ1) is 8.77. The van der Waals surface area contributed by atoms with Crippen molar-refractivity contribution in [2.75, 3.05) is 32.7 Å². The van der Waals surface area contributed by atoms with Crippen LogP contribution in [0.15, 0.2) is 0 Å². The van der Waals surface area contributed by atoms with E-state index in [1.807, 2.05) is 0 Å². The second-order valence-corrected chi connectivity index (χ2v) is 6.31. The molecule has 1 atom stereocenters. The number of hydrogen-bond acceptors (Lipinski definition) is 3. The van der Waals surface area contributed by atoms with Crippen LogP contribution in [0, 0.1) is 5.92 Å². The largest absolute Gasteiger partial charge is 0.314 e. The van der Waals surface area contributed by atoms with Crippen molar-refractivity contribution in [1.29, 1.82) is 0 Å². The monoisotopic (exact) mass is 253 g/mol. The molecule has 18 heavy (non-hydrogen) atoms. The maximum atomic E-state index is 3.68. The summed E-state index contributed by atoms with van der Waals surface area (Å²) >= 11 is 0. The van der Waals surface area contributed by atoms with E-state index in [2.05, 4.69) is 29.4 Å². The van der Waals surface area contributed by atoms with Crippen molar-refractivity contribution in [1.82, 2.24) is 15.5 Å². The molecule has 106 valence electrons. The molecule has 0 aromatic carbocycles. The topological polar surface area (TPSA) is 27.3 Å². The highest BCUT2D eigenvalue weighted by molar-refractivity contribution is 4.86. The second-order valence-electron chi connectivity index (χ2n) is 6.31. The van der Waals surface area contributed by atoms with Gasteiger partial charge >= 0.3 is 0 Å². The number of rotatable bonds is 5. The Kier molecular flexibility index (Phi) is 5.93. The van der Waals surface area contributed by atoms with Crippen LogP contribution in [-0.4, -0.2) is 49.7 Å². The van der Waals surface area contributed by atoms with Crippen LogP contribution in [0.1, 0.15) is 46.0 Å². The standard InChI is InChI=1S/C15H31N3/c1-13(2)17-12-15(14-6-4-3-5-7-14)18-10-8-16-9-11-18/h13-17H,3-12H2,1-2H3. The van der Waals surface area contributed by atoms with E-state index in [9.17, 15) is 0 Å². The number of nitrogens with zero attached hydrogens (tertiary/aromatic N) is 1. The molecular weight excluding hydrogens is 222 g/mol. The van der Waals surface area contributed by atoms with Gasteiger partial charge in [-0.3, -0.25) is 4.90 Å². The van der Waals surface area contributed by atoms with Crippen LogP contribution in [0.2, 0.25) is 0 Å². The van der Waals surface area contributed by atoms with Gasteiger partial charge in [0.2, 0.25) is 0 Å². The van der Waals surface area contributed by atoms with Crippen LogP contribution in [0.5, 0.6) is 0 Å². The lowest BCUT2D eigenvalue weighted by Gasteiger charge is -2.41. The maximum Gasteiger partial charge on any atom is 0.0250 e. The summed E-state index contributed by atoms with van der Waals surface area (Å²) in [6, 6.07) is 1.38. The molecule has 0 aromatic heterocycles. The molecular formula is C15H31N3. The minimum atomic E-state index is 0.610. The number of piperazine rings is 1. The predicted octanol–water partition coefficient (Wildman–Crippen LogP) is 1.84. The SMILES string of the molecule is CC(C)NCC(C1CCCCC1)N1CCNCC1. The van der Waals surface area contributed by atoms with Crippen molar-refractivity contribution in [3.05, 3.63) is 0 Å². The molecule has 1 saturated heterocycles. The first kappa shape index (κ1) is 14.3. The summed E-state index contributed by atoms with van der Waals surface area (Å²) in [5.41, 5.74) is 0. The quantitative estimate of drug-likeness (QED) is 0.783. The zero-order valence-corrected chi connectivity index (χ0v) is 12.3. The Labute approximate surface area is 113 Å². The molecule has 3 nitrogen and oxygen atoms in total. The third-order valence-electron chi connectivity index (χ3n) is 4.55. The Morgan fingerprint density at radius 2 is 1.78 bits per heavy atom. The van der Waals surface area contributed by atoms with Gasteiger partial charge in [-0.25, -0.2) is 0 Å². The molecule has 1 saturated carbocycles. The Bertz CT molecular complexity index is 200. The van der Waals surface area contributed by atoms with E-state index >= 15 is 0 Å². The Morgan fingerprint density at radius 1 is 1.11 bits per heavy atom. The fourth-order valence-electron chi connectivity index (χ4n) is 3.48. The Balaban J connectivity index is 1.91. The van der Waals surface area contributed by atoms with Gasteiger partial charge in [-0.1, -0.05) is 33.1 Å². The summed E-state index contributed by atoms with van der Waals surface area (Å²) in [6.07, 6.45) is 7.27. The van der Waals surface area contributed by atoms with Gasteiger partial charge in [0.15, 0.2) is 0 Å². The van der Waals surface area contributed by atoms with Crippen molar-refractivity contribution in [2.24, 2.45) is 5.92 Å². The van der Waals surface area contributed by atoms with Crippen molar-refractivity contribution in [3.63, 3.8) is 0 Å². The lowest BCUT2D eigenvalue weighted by molar-refractivity contribution is 0.100. The van der Waals surface area contributed by atoms with Crippen LogP contribution >= 0.6 is 0 Å². The fraction of sp³-hybridized carbons (Fsp3) is 1.00. The zero-order valence-electron chi connectivity index (χ0n) is 12.3. The molecule has 1 heterocycles. The van der Waals surface area contributed by atoms with Crippen molar-refractivity contribution in [2.45, 2.75) is 58.0 Å². The molecule has 0 aromatic rings. The molecule has 2 N–H and O–H groups in total. The van der Waals surface area contributed by atoms with E-state index in [0.717, 1.165) is 12.0 Å². The highest BCUT2D eigenvalue weighted by Crippen LogP contribution is 2.29. The number of nitrogens with one attached hydrogen (secondary N) is 2. The normalized spacial score (nSPS) is 25.5. The highest BCUT2D eigenvalue weighted by Gasteiger charge is 2.29. The summed E-state index contributed by atoms with van der Waals surface area (Å²) in [6.45, 7) is 10.5. The zero-order chi connectivity index (χ0) is 12.8. The van der Waals surface area contributed by atoms with E-state index in [-0.39, 0.29) is 0 Å². The van der Waals surface area contributed by atoms with Crippen LogP contribution in [-0.2, 0) is 0 Å². The minimum absolute atomic E-state index is 0.610. The highest BCUT2D eigenvalue weighted by atomic mass is 15.2. The van der Waals surface area contributed by atoms with Gasteiger partial charge in [0.05, 0.1) is 0 Å². The first-order valence-electron chi connectivity index (χ1n) is 7.95. The molecule has 2 fully saturated rings. The summed E-state index contributed by atoms with van der Waals surface area (Å²) in [5, 5.41) is 7.15. The second kappa shape index (κ2) is 7.46. The van der Waals surface area contributed by atoms with E-state index in [4.69, 9.17) is 0 Å². The molecule has 0 bridgehead atoms. The molecule has 1 aliphatic carbocycles. The lowest BCUT2D eigenvalue weighted by Crippen LogP contribution is -2.55. The van der Waals surface area contributed by atoms with Gasteiger partial charge in [-0.15, -0.1) is 0 Å².